The molecule has 0 radical (unpaired) electrons. The summed E-state index contributed by atoms with van der Waals surface area (Å²) in [5.41, 5.74) is 0. The standard InChI is InChI=1S/C6H12N2.6C2H5.2Al/c1-2-8-5-3-7(1)4-6-8;6*1-2;;/h1-6H2;6*1H2,2H3;;/q;6*-1;2*+3. The van der Waals surface area contributed by atoms with E-state index in [1.807, 2.05) is 0 Å². The van der Waals surface area contributed by atoms with Gasteiger partial charge in [0.2, 0.25) is 0 Å². The van der Waals surface area contributed by atoms with Crippen LogP contribution in [0.3, 0.4) is 0 Å². The van der Waals surface area contributed by atoms with Crippen LogP contribution >= 0.6 is 0 Å². The zero-order chi connectivity index (χ0) is 17.4. The minimum Gasteiger partial charge on any atom is -0.346 e. The predicted octanol–water partition coefficient (Wildman–Crippen LogP) is 3.90. The van der Waals surface area contributed by atoms with Crippen molar-refractivity contribution in [3.63, 3.8) is 0 Å². The van der Waals surface area contributed by atoms with Crippen molar-refractivity contribution in [2.75, 3.05) is 39.3 Å². The molecule has 4 heteroatoms. The molecule has 0 unspecified atom stereocenters. The summed E-state index contributed by atoms with van der Waals surface area (Å²) in [6.45, 7) is 37.9. The van der Waals surface area contributed by atoms with E-state index in [0.29, 0.717) is 0 Å². The molecule has 3 heterocycles. The molecule has 0 amide bonds. The first kappa shape index (κ1) is 43.5. The van der Waals surface area contributed by atoms with Crippen molar-refractivity contribution in [2.45, 2.75) is 41.5 Å². The summed E-state index contributed by atoms with van der Waals surface area (Å²) < 4.78 is 0. The van der Waals surface area contributed by atoms with Gasteiger partial charge < -0.3 is 41.5 Å². The maximum atomic E-state index is 3.25. The van der Waals surface area contributed by atoms with Gasteiger partial charge in [0, 0.05) is 39.3 Å². The zero-order valence-electron chi connectivity index (χ0n) is 16.5. The fourth-order valence-corrected chi connectivity index (χ4v) is 1.52. The van der Waals surface area contributed by atoms with Crippen molar-refractivity contribution in [1.82, 2.24) is 9.80 Å². The van der Waals surface area contributed by atoms with Crippen molar-refractivity contribution < 1.29 is 0 Å². The van der Waals surface area contributed by atoms with Gasteiger partial charge >= 0.3 is 34.7 Å². The number of hydrogen-bond donors (Lipinski definition) is 0. The van der Waals surface area contributed by atoms with E-state index in [1.54, 1.807) is 41.5 Å². The van der Waals surface area contributed by atoms with Gasteiger partial charge in [-0.2, -0.15) is 41.5 Å². The molecule has 0 N–H and O–H groups in total. The molecule has 3 rings (SSSR count). The van der Waals surface area contributed by atoms with Crippen LogP contribution in [0, 0.1) is 41.5 Å². The van der Waals surface area contributed by atoms with E-state index in [1.165, 1.54) is 39.3 Å². The van der Waals surface area contributed by atoms with Gasteiger partial charge in [0.25, 0.3) is 0 Å². The van der Waals surface area contributed by atoms with Crippen LogP contribution in [0.25, 0.3) is 0 Å². The maximum Gasteiger partial charge on any atom is 3.00 e. The number of hydrogen-bond acceptors (Lipinski definition) is 2. The molecule has 0 saturated carbocycles. The summed E-state index contributed by atoms with van der Waals surface area (Å²) in [6, 6.07) is 0. The third-order valence-corrected chi connectivity index (χ3v) is 2.20. The fourth-order valence-electron chi connectivity index (χ4n) is 1.52. The molecule has 0 aromatic carbocycles. The van der Waals surface area contributed by atoms with Crippen LogP contribution in [0.1, 0.15) is 41.5 Å². The second kappa shape index (κ2) is 57.4. The van der Waals surface area contributed by atoms with Gasteiger partial charge in [-0.15, -0.1) is 0 Å². The molecule has 0 aromatic rings. The summed E-state index contributed by atoms with van der Waals surface area (Å²) in [5, 5.41) is 0. The summed E-state index contributed by atoms with van der Waals surface area (Å²) in [6.07, 6.45) is 0. The van der Waals surface area contributed by atoms with Crippen LogP contribution in [0.2, 0.25) is 0 Å². The van der Waals surface area contributed by atoms with Gasteiger partial charge in [-0.3, -0.25) is 9.80 Å². The zero-order valence-corrected chi connectivity index (χ0v) is 18.8. The van der Waals surface area contributed by atoms with E-state index >= 15 is 0 Å². The Morgan fingerprint density at radius 2 is 0.455 bits per heavy atom. The van der Waals surface area contributed by atoms with Crippen molar-refractivity contribution in [3.05, 3.63) is 41.5 Å². The van der Waals surface area contributed by atoms with Gasteiger partial charge in [0.05, 0.1) is 0 Å². The molecule has 0 aromatic heterocycles. The molecule has 3 saturated heterocycles. The number of fused-ring (bicyclic) bond motifs is 3. The molecule has 3 fully saturated rings. The second-order valence-electron chi connectivity index (χ2n) is 2.68. The number of nitrogens with zero attached hydrogens (tertiary/aromatic N) is 2. The molecular formula is C18H42Al2N2. The number of rotatable bonds is 0. The third-order valence-electron chi connectivity index (χ3n) is 2.20. The van der Waals surface area contributed by atoms with Crippen molar-refractivity contribution >= 4 is 34.7 Å². The van der Waals surface area contributed by atoms with Gasteiger partial charge in [-0.25, -0.2) is 0 Å². The topological polar surface area (TPSA) is 6.48 Å². The quantitative estimate of drug-likeness (QED) is 0.487. The SMILES string of the molecule is C1CN2CCN1CC2.[Al+3].[Al+3].[CH2-]C.[CH2-]C.[CH2-]C.[CH2-]C.[CH2-]C.[CH2-]C. The molecule has 0 spiro atoms. The van der Waals surface area contributed by atoms with E-state index in [9.17, 15) is 0 Å². The third kappa shape index (κ3) is 32.8. The van der Waals surface area contributed by atoms with Crippen molar-refractivity contribution in [2.24, 2.45) is 0 Å². The van der Waals surface area contributed by atoms with Crippen molar-refractivity contribution in [3.8, 4) is 0 Å². The van der Waals surface area contributed by atoms with Gasteiger partial charge in [0.1, 0.15) is 0 Å². The van der Waals surface area contributed by atoms with E-state index in [2.05, 4.69) is 51.3 Å². The van der Waals surface area contributed by atoms with Crippen LogP contribution in [0.5, 0.6) is 0 Å². The van der Waals surface area contributed by atoms with Crippen molar-refractivity contribution in [1.29, 1.82) is 0 Å². The summed E-state index contributed by atoms with van der Waals surface area (Å²) >= 11 is 0. The van der Waals surface area contributed by atoms with Gasteiger partial charge in [0.15, 0.2) is 0 Å². The largest absolute Gasteiger partial charge is 3.00 e. The normalized spacial score (nSPS) is 18.0. The van der Waals surface area contributed by atoms with Gasteiger partial charge in [-0.05, 0) is 0 Å². The first-order valence-corrected chi connectivity index (χ1v) is 7.64. The first-order chi connectivity index (χ1) is 9.95. The summed E-state index contributed by atoms with van der Waals surface area (Å²) in [4.78, 5) is 5.08. The molecule has 2 nitrogen and oxygen atoms in total. The molecule has 22 heavy (non-hydrogen) atoms. The smallest absolute Gasteiger partial charge is 0.346 e. The van der Waals surface area contributed by atoms with Crippen LogP contribution in [-0.4, -0.2) is 83.8 Å². The average molecular weight is 341 g/mol. The Morgan fingerprint density at radius 1 is 0.364 bits per heavy atom. The second-order valence-corrected chi connectivity index (χ2v) is 2.68. The van der Waals surface area contributed by atoms with E-state index in [4.69, 9.17) is 0 Å². The Bertz CT molecular complexity index is 74.1. The van der Waals surface area contributed by atoms with Crippen LogP contribution in [0.15, 0.2) is 0 Å². The average Bonchev–Trinajstić information content (AvgIpc) is 2.67. The minimum atomic E-state index is 0. The Hall–Kier alpha value is 0.985. The Morgan fingerprint density at radius 3 is 0.500 bits per heavy atom. The Balaban J connectivity index is -0.0000000283. The molecule has 3 aliphatic rings. The van der Waals surface area contributed by atoms with Crippen LogP contribution < -0.4 is 0 Å². The van der Waals surface area contributed by atoms with Crippen LogP contribution in [0.4, 0.5) is 0 Å². The monoisotopic (exact) mass is 340 g/mol. The molecule has 130 valence electrons. The van der Waals surface area contributed by atoms with Gasteiger partial charge in [-0.1, -0.05) is 0 Å². The molecule has 0 atom stereocenters. The molecule has 2 bridgehead atoms. The first-order valence-electron chi connectivity index (χ1n) is 7.64. The maximum absolute atomic E-state index is 3.25. The molecular weight excluding hydrogens is 298 g/mol. The Kier molecular flexibility index (Phi) is 113. The fraction of sp³-hybridized carbons (Fsp3) is 0.667. The van der Waals surface area contributed by atoms with E-state index in [-0.39, 0.29) is 34.7 Å². The van der Waals surface area contributed by atoms with E-state index in [0.717, 1.165) is 0 Å². The summed E-state index contributed by atoms with van der Waals surface area (Å²) in [5.74, 6) is 0. The predicted molar refractivity (Wildman–Crippen MR) is 111 cm³/mol. The Labute approximate surface area is 166 Å². The van der Waals surface area contributed by atoms with E-state index < -0.39 is 0 Å². The summed E-state index contributed by atoms with van der Waals surface area (Å²) in [7, 11) is 0. The minimum absolute atomic E-state index is 0. The molecule has 3 aliphatic heterocycles. The van der Waals surface area contributed by atoms with Crippen LogP contribution in [-0.2, 0) is 0 Å². The molecule has 0 aliphatic carbocycles. The number of piperazine rings is 3.